The summed E-state index contributed by atoms with van der Waals surface area (Å²) in [5.41, 5.74) is 0.752. The number of carbonyl (C=O) groups is 2. The molecule has 1 spiro atoms. The maximum absolute atomic E-state index is 13.7. The van der Waals surface area contributed by atoms with Crippen LogP contribution in [0.15, 0.2) is 22.9 Å². The van der Waals surface area contributed by atoms with Gasteiger partial charge in [0.05, 0.1) is 25.4 Å². The number of carbonyl (C=O) groups excluding carboxylic acids is 1. The molecule has 1 amide bonds. The Morgan fingerprint density at radius 2 is 2.03 bits per heavy atom. The van der Waals surface area contributed by atoms with Crippen LogP contribution in [-0.2, 0) is 16.0 Å². The van der Waals surface area contributed by atoms with Gasteiger partial charge in [-0.05, 0) is 31.9 Å². The summed E-state index contributed by atoms with van der Waals surface area (Å²) in [5, 5.41) is 11.1. The summed E-state index contributed by atoms with van der Waals surface area (Å²) in [5.74, 6) is -2.58. The van der Waals surface area contributed by atoms with E-state index < -0.39 is 23.6 Å². The van der Waals surface area contributed by atoms with Gasteiger partial charge in [0, 0.05) is 25.1 Å². The fourth-order valence-electron chi connectivity index (χ4n) is 4.02. The number of alkyl halides is 3. The van der Waals surface area contributed by atoms with E-state index in [-0.39, 0.29) is 17.7 Å². The van der Waals surface area contributed by atoms with Gasteiger partial charge in [-0.1, -0.05) is 12.1 Å². The topological polar surface area (TPSA) is 115 Å². The Morgan fingerprint density at radius 1 is 1.34 bits per heavy atom. The molecule has 9 nitrogen and oxygen atoms in total. The molecule has 0 aromatic carbocycles. The first-order valence-corrected chi connectivity index (χ1v) is 10.9. The van der Waals surface area contributed by atoms with Gasteiger partial charge in [0.2, 0.25) is 5.88 Å². The molecule has 4 rings (SSSR count). The molecule has 2 fully saturated rings. The van der Waals surface area contributed by atoms with E-state index in [0.29, 0.717) is 49.7 Å². The fraction of sp³-hybridized carbons (Fsp3) is 0.545. The summed E-state index contributed by atoms with van der Waals surface area (Å²) in [6, 6.07) is 2.85. The van der Waals surface area contributed by atoms with Gasteiger partial charge in [0.15, 0.2) is 5.82 Å². The first-order valence-electron chi connectivity index (χ1n) is 10.9. The Kier molecular flexibility index (Phi) is 7.98. The van der Waals surface area contributed by atoms with E-state index in [2.05, 4.69) is 10.1 Å². The van der Waals surface area contributed by atoms with Crippen molar-refractivity contribution < 1.29 is 46.3 Å². The molecule has 13 heteroatoms. The molecular formula is C22H25F4N3O6. The highest BCUT2D eigenvalue weighted by Gasteiger charge is 2.55. The standard InChI is InChI=1S/C20H24FN3O4.C2HF3O2/c1-3-5-16-17(13(2)23-28-16)19(25)24-11-20(12-24)14(7-9-27-20)10-26-18-15(21)6-4-8-22-18;3-2(4,5)1(6)7/h4,6,8,14H,3,5,7,9-12H2,1-2H3;(H,6,7). The van der Waals surface area contributed by atoms with Crippen molar-refractivity contribution in [2.75, 3.05) is 26.3 Å². The molecule has 1 atom stereocenters. The number of aryl methyl sites for hydroxylation is 2. The van der Waals surface area contributed by atoms with Crippen LogP contribution in [0, 0.1) is 18.7 Å². The maximum atomic E-state index is 13.7. The number of hydrogen-bond donors (Lipinski definition) is 1. The predicted molar refractivity (Wildman–Crippen MR) is 111 cm³/mol. The summed E-state index contributed by atoms with van der Waals surface area (Å²) < 4.78 is 62.4. The van der Waals surface area contributed by atoms with Gasteiger partial charge < -0.3 is 24.0 Å². The minimum absolute atomic E-state index is 0.00103. The van der Waals surface area contributed by atoms with Crippen LogP contribution in [0.5, 0.6) is 5.88 Å². The van der Waals surface area contributed by atoms with E-state index in [9.17, 15) is 22.4 Å². The Hall–Kier alpha value is -3.22. The van der Waals surface area contributed by atoms with Gasteiger partial charge >= 0.3 is 12.1 Å². The molecule has 0 saturated carbocycles. The fourth-order valence-corrected chi connectivity index (χ4v) is 4.02. The van der Waals surface area contributed by atoms with Crippen LogP contribution in [0.3, 0.4) is 0 Å². The number of amides is 1. The number of nitrogens with zero attached hydrogens (tertiary/aromatic N) is 3. The van der Waals surface area contributed by atoms with Crippen molar-refractivity contribution in [3.05, 3.63) is 41.2 Å². The second kappa shape index (κ2) is 10.6. The molecule has 2 aromatic heterocycles. The summed E-state index contributed by atoms with van der Waals surface area (Å²) in [7, 11) is 0. The van der Waals surface area contributed by atoms with Crippen molar-refractivity contribution in [3.8, 4) is 5.88 Å². The van der Waals surface area contributed by atoms with Crippen molar-refractivity contribution in [2.24, 2.45) is 5.92 Å². The van der Waals surface area contributed by atoms with Crippen LogP contribution in [0.1, 0.15) is 41.6 Å². The lowest BCUT2D eigenvalue weighted by Gasteiger charge is -2.50. The number of carboxylic acid groups (broad SMARTS) is 1. The van der Waals surface area contributed by atoms with Crippen molar-refractivity contribution in [3.63, 3.8) is 0 Å². The van der Waals surface area contributed by atoms with Crippen LogP contribution in [0.4, 0.5) is 17.6 Å². The monoisotopic (exact) mass is 503 g/mol. The highest BCUT2D eigenvalue weighted by molar-refractivity contribution is 5.96. The molecule has 4 heterocycles. The van der Waals surface area contributed by atoms with E-state index in [0.717, 1.165) is 12.8 Å². The lowest BCUT2D eigenvalue weighted by Crippen LogP contribution is -2.66. The molecule has 0 aliphatic carbocycles. The molecule has 2 aliphatic rings. The zero-order valence-corrected chi connectivity index (χ0v) is 19.1. The first kappa shape index (κ1) is 26.4. The maximum Gasteiger partial charge on any atom is 0.490 e. The third kappa shape index (κ3) is 5.89. The van der Waals surface area contributed by atoms with Gasteiger partial charge in [-0.15, -0.1) is 0 Å². The molecule has 1 unspecified atom stereocenters. The van der Waals surface area contributed by atoms with Crippen molar-refractivity contribution >= 4 is 11.9 Å². The first-order chi connectivity index (χ1) is 16.5. The minimum atomic E-state index is -5.08. The van der Waals surface area contributed by atoms with Gasteiger partial charge in [-0.3, -0.25) is 4.79 Å². The van der Waals surface area contributed by atoms with Crippen LogP contribution in [-0.4, -0.2) is 70.1 Å². The van der Waals surface area contributed by atoms with Gasteiger partial charge in [0.1, 0.15) is 16.9 Å². The molecule has 2 saturated heterocycles. The Labute approximate surface area is 198 Å². The summed E-state index contributed by atoms with van der Waals surface area (Å²) in [6.07, 6.45) is -1.21. The molecule has 0 radical (unpaired) electrons. The number of ether oxygens (including phenoxy) is 2. The Bertz CT molecular complexity index is 1050. The highest BCUT2D eigenvalue weighted by atomic mass is 19.4. The second-order valence-electron chi connectivity index (χ2n) is 8.28. The minimum Gasteiger partial charge on any atom is -0.475 e. The SMILES string of the molecule is CCCc1onc(C)c1C(=O)N1CC2(C1)OCCC2COc1ncccc1F.O=C(O)C(F)(F)F. The zero-order chi connectivity index (χ0) is 25.8. The normalized spacial score (nSPS) is 18.6. The van der Waals surface area contributed by atoms with Crippen molar-refractivity contribution in [1.82, 2.24) is 15.0 Å². The number of hydrogen-bond acceptors (Lipinski definition) is 7. The molecule has 2 aromatic rings. The van der Waals surface area contributed by atoms with Crippen molar-refractivity contribution in [2.45, 2.75) is 44.9 Å². The lowest BCUT2D eigenvalue weighted by atomic mass is 9.81. The van der Waals surface area contributed by atoms with Crippen LogP contribution in [0.2, 0.25) is 0 Å². The lowest BCUT2D eigenvalue weighted by molar-refractivity contribution is -0.192. The van der Waals surface area contributed by atoms with Crippen molar-refractivity contribution in [1.29, 1.82) is 0 Å². The van der Waals surface area contributed by atoms with Gasteiger partial charge in [-0.2, -0.15) is 13.2 Å². The number of likely N-dealkylation sites (tertiary alicyclic amines) is 1. The predicted octanol–water partition coefficient (Wildman–Crippen LogP) is 3.41. The van der Waals surface area contributed by atoms with Crippen LogP contribution in [0.25, 0.3) is 0 Å². The second-order valence-corrected chi connectivity index (χ2v) is 8.28. The van der Waals surface area contributed by atoms with Crippen LogP contribution < -0.4 is 4.74 Å². The third-order valence-electron chi connectivity index (χ3n) is 5.82. The van der Waals surface area contributed by atoms with E-state index in [1.54, 1.807) is 11.8 Å². The van der Waals surface area contributed by atoms with Gasteiger partial charge in [0.25, 0.3) is 5.91 Å². The Morgan fingerprint density at radius 3 is 2.63 bits per heavy atom. The number of pyridine rings is 1. The van der Waals surface area contributed by atoms with Gasteiger partial charge in [-0.25, -0.2) is 14.2 Å². The number of aromatic nitrogens is 2. The van der Waals surface area contributed by atoms with E-state index >= 15 is 0 Å². The van der Waals surface area contributed by atoms with Crippen LogP contribution >= 0.6 is 0 Å². The smallest absolute Gasteiger partial charge is 0.475 e. The number of carboxylic acids is 1. The number of rotatable bonds is 6. The average molecular weight is 503 g/mol. The van der Waals surface area contributed by atoms with E-state index in [4.69, 9.17) is 23.9 Å². The highest BCUT2D eigenvalue weighted by Crippen LogP contribution is 2.41. The summed E-state index contributed by atoms with van der Waals surface area (Å²) >= 11 is 0. The molecule has 0 bridgehead atoms. The quantitative estimate of drug-likeness (QED) is 0.597. The van der Waals surface area contributed by atoms with E-state index in [1.165, 1.54) is 18.3 Å². The summed E-state index contributed by atoms with van der Waals surface area (Å²) in [4.78, 5) is 27.5. The Balaban J connectivity index is 0.000000429. The zero-order valence-electron chi connectivity index (χ0n) is 19.1. The molecular weight excluding hydrogens is 478 g/mol. The summed E-state index contributed by atoms with van der Waals surface area (Å²) in [6.45, 7) is 5.71. The molecule has 2 aliphatic heterocycles. The molecule has 1 N–H and O–H groups in total. The number of halogens is 4. The molecule has 35 heavy (non-hydrogen) atoms. The molecule has 192 valence electrons. The third-order valence-corrected chi connectivity index (χ3v) is 5.82. The largest absolute Gasteiger partial charge is 0.490 e. The van der Waals surface area contributed by atoms with E-state index in [1.807, 2.05) is 6.92 Å². The average Bonchev–Trinajstić information content (AvgIpc) is 3.35. The number of aliphatic carboxylic acids is 1.